The Labute approximate surface area is 289 Å². The van der Waals surface area contributed by atoms with Crippen molar-refractivity contribution in [3.63, 3.8) is 0 Å². The van der Waals surface area contributed by atoms with Crippen LogP contribution in [0.3, 0.4) is 0 Å². The number of alkyl halides is 3. The van der Waals surface area contributed by atoms with E-state index in [2.05, 4.69) is 36.0 Å². The first-order valence-corrected chi connectivity index (χ1v) is 15.6. The van der Waals surface area contributed by atoms with Crippen molar-refractivity contribution in [2.75, 3.05) is 33.1 Å². The van der Waals surface area contributed by atoms with Gasteiger partial charge in [0.05, 0.1) is 46.3 Å². The van der Waals surface area contributed by atoms with Gasteiger partial charge in [-0.2, -0.15) is 18.3 Å². The van der Waals surface area contributed by atoms with E-state index in [1.807, 2.05) is 7.05 Å². The van der Waals surface area contributed by atoms with Gasteiger partial charge in [-0.1, -0.05) is 53.5 Å². The molecule has 0 radical (unpaired) electrons. The lowest BCUT2D eigenvalue weighted by Gasteiger charge is -2.16. The van der Waals surface area contributed by atoms with Crippen LogP contribution in [0.4, 0.5) is 24.7 Å². The molecule has 0 bridgehead atoms. The lowest BCUT2D eigenvalue weighted by molar-refractivity contribution is -0.141. The number of benzene rings is 2. The van der Waals surface area contributed by atoms with E-state index in [0.29, 0.717) is 51.9 Å². The Morgan fingerprint density at radius 2 is 1.67 bits per heavy atom. The lowest BCUT2D eigenvalue weighted by atomic mass is 10.0. The number of fused-ring (bicyclic) bond motifs is 1. The highest BCUT2D eigenvalue weighted by Gasteiger charge is 2.34. The van der Waals surface area contributed by atoms with E-state index < -0.39 is 17.4 Å². The van der Waals surface area contributed by atoms with Crippen molar-refractivity contribution in [1.29, 1.82) is 0 Å². The second-order valence-corrected chi connectivity index (χ2v) is 11.3. The number of pyridine rings is 1. The molecule has 5 rings (SSSR count). The molecule has 0 atom stereocenters. The number of nitrogens with zero attached hydrogens (tertiary/aromatic N) is 5. The molecular formula is C33H33Cl2F3N8O3. The molecule has 3 heterocycles. The first-order chi connectivity index (χ1) is 23.4. The first kappa shape index (κ1) is 37.2. The molecule has 0 saturated carbocycles. The summed E-state index contributed by atoms with van der Waals surface area (Å²) >= 11 is 13.7. The number of carbonyl (C=O) groups is 1. The van der Waals surface area contributed by atoms with Crippen LogP contribution in [0, 0.1) is 0 Å². The van der Waals surface area contributed by atoms with Gasteiger partial charge >= 0.3 is 6.18 Å². The normalized spacial score (nSPS) is 11.2. The Kier molecular flexibility index (Phi) is 12.6. The van der Waals surface area contributed by atoms with E-state index in [-0.39, 0.29) is 27.3 Å². The van der Waals surface area contributed by atoms with Crippen LogP contribution < -0.4 is 26.2 Å². The number of nitrogens with one attached hydrogen (secondary N) is 3. The van der Waals surface area contributed by atoms with Crippen molar-refractivity contribution in [3.05, 3.63) is 86.6 Å². The summed E-state index contributed by atoms with van der Waals surface area (Å²) in [4.78, 5) is 35.2. The SMILES string of the molecule is CNCCCC=O.CNCc1ncc(-c2cccc(-c3cccc(Nc4nc(C(F)(F)F)cc5cnn(C)c(=O)c45)c3Cl)c2Cl)nc1OC. The van der Waals surface area contributed by atoms with Gasteiger partial charge in [-0.15, -0.1) is 0 Å². The van der Waals surface area contributed by atoms with E-state index in [1.165, 1.54) is 20.4 Å². The van der Waals surface area contributed by atoms with Gasteiger partial charge in [0.2, 0.25) is 5.88 Å². The number of hydrogen-bond acceptors (Lipinski definition) is 10. The summed E-state index contributed by atoms with van der Waals surface area (Å²) in [7, 11) is 6.55. The van der Waals surface area contributed by atoms with Gasteiger partial charge < -0.3 is 25.5 Å². The topological polar surface area (TPSA) is 136 Å². The maximum absolute atomic E-state index is 13.7. The van der Waals surface area contributed by atoms with E-state index >= 15 is 0 Å². The lowest BCUT2D eigenvalue weighted by Crippen LogP contribution is -2.21. The van der Waals surface area contributed by atoms with Crippen molar-refractivity contribution < 1.29 is 22.7 Å². The molecule has 49 heavy (non-hydrogen) atoms. The molecule has 0 aliphatic carbocycles. The van der Waals surface area contributed by atoms with Crippen molar-refractivity contribution in [2.24, 2.45) is 7.05 Å². The van der Waals surface area contributed by atoms with Gasteiger partial charge in [0.1, 0.15) is 23.5 Å². The summed E-state index contributed by atoms with van der Waals surface area (Å²) in [5.41, 5.74) is 1.06. The van der Waals surface area contributed by atoms with Crippen LogP contribution in [0.5, 0.6) is 5.88 Å². The van der Waals surface area contributed by atoms with Gasteiger partial charge in [-0.3, -0.25) is 9.78 Å². The second-order valence-electron chi connectivity index (χ2n) is 10.5. The maximum atomic E-state index is 13.7. The summed E-state index contributed by atoms with van der Waals surface area (Å²) < 4.78 is 47.4. The number of unbranched alkanes of at least 4 members (excludes halogenated alkanes) is 1. The van der Waals surface area contributed by atoms with Crippen molar-refractivity contribution in [3.8, 4) is 28.3 Å². The molecule has 16 heteroatoms. The number of aryl methyl sites for hydroxylation is 1. The molecule has 0 unspecified atom stereocenters. The number of aldehydes is 1. The quantitative estimate of drug-likeness (QED) is 0.104. The number of halogens is 5. The molecule has 11 nitrogen and oxygen atoms in total. The fraction of sp³-hybridized carbons (Fsp3) is 0.273. The Hall–Kier alpha value is -4.63. The zero-order chi connectivity index (χ0) is 35.7. The predicted molar refractivity (Wildman–Crippen MR) is 185 cm³/mol. The summed E-state index contributed by atoms with van der Waals surface area (Å²) in [5, 5.41) is 13.0. The summed E-state index contributed by atoms with van der Waals surface area (Å²) in [5.74, 6) is 0.0282. The monoisotopic (exact) mass is 716 g/mol. The van der Waals surface area contributed by atoms with E-state index in [9.17, 15) is 22.8 Å². The van der Waals surface area contributed by atoms with E-state index in [4.69, 9.17) is 27.9 Å². The van der Waals surface area contributed by atoms with Crippen LogP contribution in [0.1, 0.15) is 24.2 Å². The molecule has 5 aromatic rings. The molecule has 2 aromatic carbocycles. The highest BCUT2D eigenvalue weighted by Crippen LogP contribution is 2.42. The molecule has 3 aromatic heterocycles. The summed E-state index contributed by atoms with van der Waals surface area (Å²) in [6, 6.07) is 11.0. The molecule has 0 fully saturated rings. The Balaban J connectivity index is 0.000000698. The fourth-order valence-electron chi connectivity index (χ4n) is 4.73. The third-order valence-electron chi connectivity index (χ3n) is 7.13. The minimum Gasteiger partial charge on any atom is -0.480 e. The molecule has 0 aliphatic heterocycles. The Bertz CT molecular complexity index is 2010. The van der Waals surface area contributed by atoms with Crippen molar-refractivity contribution >= 4 is 51.8 Å². The van der Waals surface area contributed by atoms with Crippen LogP contribution in [0.25, 0.3) is 33.2 Å². The predicted octanol–water partition coefficient (Wildman–Crippen LogP) is 6.43. The van der Waals surface area contributed by atoms with Crippen LogP contribution in [-0.2, 0) is 24.6 Å². The third kappa shape index (κ3) is 8.70. The third-order valence-corrected chi connectivity index (χ3v) is 7.95. The molecular weight excluding hydrogens is 684 g/mol. The summed E-state index contributed by atoms with van der Waals surface area (Å²) in [6.07, 6.45) is 0.575. The fourth-order valence-corrected chi connectivity index (χ4v) is 5.33. The van der Waals surface area contributed by atoms with Crippen LogP contribution in [0.15, 0.2) is 59.7 Å². The minimum atomic E-state index is -4.76. The molecule has 258 valence electrons. The number of methoxy groups -OCH3 is 1. The average Bonchev–Trinajstić information content (AvgIpc) is 3.08. The van der Waals surface area contributed by atoms with Gasteiger partial charge in [0, 0.05) is 42.1 Å². The number of anilines is 2. The Morgan fingerprint density at radius 1 is 0.980 bits per heavy atom. The van der Waals surface area contributed by atoms with Gasteiger partial charge in [-0.05, 0) is 39.2 Å². The second kappa shape index (κ2) is 16.7. The highest BCUT2D eigenvalue weighted by molar-refractivity contribution is 6.39. The molecule has 0 spiro atoms. The highest BCUT2D eigenvalue weighted by atomic mass is 35.5. The van der Waals surface area contributed by atoms with Gasteiger partial charge in [0.25, 0.3) is 5.56 Å². The molecule has 0 aliphatic rings. The number of carbonyl (C=O) groups excluding carboxylic acids is 1. The van der Waals surface area contributed by atoms with Crippen LogP contribution >= 0.6 is 23.2 Å². The zero-order valence-electron chi connectivity index (χ0n) is 27.0. The van der Waals surface area contributed by atoms with Gasteiger partial charge in [0.15, 0.2) is 0 Å². The number of rotatable bonds is 11. The maximum Gasteiger partial charge on any atom is 0.433 e. The van der Waals surface area contributed by atoms with Crippen LogP contribution in [0.2, 0.25) is 10.0 Å². The average molecular weight is 718 g/mol. The number of aromatic nitrogens is 5. The van der Waals surface area contributed by atoms with Gasteiger partial charge in [-0.25, -0.2) is 14.6 Å². The number of ether oxygens (including phenoxy) is 1. The zero-order valence-corrected chi connectivity index (χ0v) is 28.5. The molecule has 0 amide bonds. The minimum absolute atomic E-state index is 0.0248. The number of hydrogen-bond donors (Lipinski definition) is 3. The van der Waals surface area contributed by atoms with Crippen LogP contribution in [-0.4, -0.2) is 58.8 Å². The molecule has 3 N–H and O–H groups in total. The largest absolute Gasteiger partial charge is 0.480 e. The molecule has 0 saturated heterocycles. The van der Waals surface area contributed by atoms with Crippen molar-refractivity contribution in [2.45, 2.75) is 25.6 Å². The standard InChI is InChI=1S/C28H22Cl2F3N7O2.C5H11NO/c1-34-12-20-26(42-3)38-19(13-35-20)17-8-4-6-15(23(17)29)16-7-5-9-18(24(16)30)37-25-22-14(11-36-40(2)27(22)41)10-21(39-25)28(31,32)33;1-6-4-2-3-5-7/h4-11,13,34H,12H2,1-3H3,(H,37,39);5-6H,2-4H2,1H3. The summed E-state index contributed by atoms with van der Waals surface area (Å²) in [6.45, 7) is 1.40. The smallest absolute Gasteiger partial charge is 0.433 e. The van der Waals surface area contributed by atoms with E-state index in [1.54, 1.807) is 49.6 Å². The first-order valence-electron chi connectivity index (χ1n) is 14.9. The Morgan fingerprint density at radius 3 is 2.33 bits per heavy atom. The van der Waals surface area contributed by atoms with E-state index in [0.717, 1.165) is 30.0 Å². The van der Waals surface area contributed by atoms with Crippen molar-refractivity contribution in [1.82, 2.24) is 35.4 Å².